The Kier molecular flexibility index (Phi) is 5.29. The van der Waals surface area contributed by atoms with Gasteiger partial charge in [-0.3, -0.25) is 4.79 Å². The molecule has 0 aliphatic carbocycles. The molecule has 0 aliphatic heterocycles. The highest BCUT2D eigenvalue weighted by molar-refractivity contribution is 7.10. The number of benzene rings is 1. The first-order chi connectivity index (χ1) is 10.1. The van der Waals surface area contributed by atoms with Crippen LogP contribution in [0.2, 0.25) is 0 Å². The SMILES string of the molecule is O=C(C=Cc1cccs1)N[C@@H](Cc1ccccc1)C(=O)O. The van der Waals surface area contributed by atoms with E-state index >= 15 is 0 Å². The average molecular weight is 301 g/mol. The Morgan fingerprint density at radius 2 is 1.95 bits per heavy atom. The van der Waals surface area contributed by atoms with Crippen LogP contribution < -0.4 is 5.32 Å². The van der Waals surface area contributed by atoms with Crippen LogP contribution in [-0.4, -0.2) is 23.0 Å². The first-order valence-electron chi connectivity index (χ1n) is 6.44. The lowest BCUT2D eigenvalue weighted by Gasteiger charge is -2.13. The molecule has 5 heteroatoms. The fourth-order valence-electron chi connectivity index (χ4n) is 1.81. The topological polar surface area (TPSA) is 66.4 Å². The lowest BCUT2D eigenvalue weighted by Crippen LogP contribution is -2.41. The minimum atomic E-state index is -1.04. The van der Waals surface area contributed by atoms with Gasteiger partial charge in [0, 0.05) is 17.4 Å². The summed E-state index contributed by atoms with van der Waals surface area (Å²) in [6, 6.07) is 12.0. The molecular formula is C16H15NO3S. The average Bonchev–Trinajstić information content (AvgIpc) is 2.99. The molecule has 4 nitrogen and oxygen atoms in total. The fraction of sp³-hybridized carbons (Fsp3) is 0.125. The van der Waals surface area contributed by atoms with Gasteiger partial charge in [0.25, 0.3) is 0 Å². The number of hydrogen-bond acceptors (Lipinski definition) is 3. The molecular weight excluding hydrogens is 286 g/mol. The molecule has 108 valence electrons. The lowest BCUT2D eigenvalue weighted by molar-refractivity contribution is -0.141. The summed E-state index contributed by atoms with van der Waals surface area (Å²) in [5.74, 6) is -1.46. The maximum atomic E-state index is 11.8. The van der Waals surface area contributed by atoms with E-state index < -0.39 is 17.9 Å². The minimum Gasteiger partial charge on any atom is -0.480 e. The Bertz CT molecular complexity index is 620. The van der Waals surface area contributed by atoms with Gasteiger partial charge in [0.2, 0.25) is 5.91 Å². The first-order valence-corrected chi connectivity index (χ1v) is 7.32. The van der Waals surface area contributed by atoms with E-state index in [-0.39, 0.29) is 6.42 Å². The fourth-order valence-corrected chi connectivity index (χ4v) is 2.43. The van der Waals surface area contributed by atoms with Gasteiger partial charge in [-0.05, 0) is 23.1 Å². The van der Waals surface area contributed by atoms with E-state index in [2.05, 4.69) is 5.32 Å². The monoisotopic (exact) mass is 301 g/mol. The third kappa shape index (κ3) is 4.89. The van der Waals surface area contributed by atoms with Crippen molar-refractivity contribution in [1.29, 1.82) is 0 Å². The molecule has 1 heterocycles. The number of carbonyl (C=O) groups excluding carboxylic acids is 1. The molecule has 1 atom stereocenters. The smallest absolute Gasteiger partial charge is 0.326 e. The lowest BCUT2D eigenvalue weighted by atomic mass is 10.1. The highest BCUT2D eigenvalue weighted by atomic mass is 32.1. The number of nitrogens with one attached hydrogen (secondary N) is 1. The molecule has 0 saturated heterocycles. The number of carboxylic acids is 1. The Balaban J connectivity index is 1.96. The summed E-state index contributed by atoms with van der Waals surface area (Å²) in [5.41, 5.74) is 0.868. The summed E-state index contributed by atoms with van der Waals surface area (Å²) in [7, 11) is 0. The third-order valence-electron chi connectivity index (χ3n) is 2.84. The van der Waals surface area contributed by atoms with Crippen molar-refractivity contribution in [2.45, 2.75) is 12.5 Å². The van der Waals surface area contributed by atoms with Crippen molar-refractivity contribution >= 4 is 29.3 Å². The van der Waals surface area contributed by atoms with Gasteiger partial charge in [-0.25, -0.2) is 4.79 Å². The summed E-state index contributed by atoms with van der Waals surface area (Å²) in [5, 5.41) is 13.6. The summed E-state index contributed by atoms with van der Waals surface area (Å²) < 4.78 is 0. The summed E-state index contributed by atoms with van der Waals surface area (Å²) in [4.78, 5) is 24.0. The second-order valence-corrected chi connectivity index (χ2v) is 5.42. The van der Waals surface area contributed by atoms with Crippen LogP contribution in [0, 0.1) is 0 Å². The number of carboxylic acid groups (broad SMARTS) is 1. The maximum absolute atomic E-state index is 11.8. The van der Waals surface area contributed by atoms with Crippen molar-refractivity contribution in [3.63, 3.8) is 0 Å². The molecule has 1 amide bonds. The molecule has 2 aromatic rings. The van der Waals surface area contributed by atoms with Crippen LogP contribution in [0.3, 0.4) is 0 Å². The Labute approximate surface area is 126 Å². The van der Waals surface area contributed by atoms with Crippen LogP contribution in [-0.2, 0) is 16.0 Å². The second-order valence-electron chi connectivity index (χ2n) is 4.44. The molecule has 0 spiro atoms. The van der Waals surface area contributed by atoms with Crippen molar-refractivity contribution in [2.24, 2.45) is 0 Å². The predicted octanol–water partition coefficient (Wildman–Crippen LogP) is 2.57. The first kappa shape index (κ1) is 15.0. The normalized spacial score (nSPS) is 12.2. The molecule has 0 bridgehead atoms. The molecule has 0 saturated carbocycles. The predicted molar refractivity (Wildman–Crippen MR) is 83.1 cm³/mol. The van der Waals surface area contributed by atoms with Gasteiger partial charge < -0.3 is 10.4 Å². The second kappa shape index (κ2) is 7.40. The third-order valence-corrected chi connectivity index (χ3v) is 3.68. The van der Waals surface area contributed by atoms with Crippen LogP contribution in [0.25, 0.3) is 6.08 Å². The number of thiophene rings is 1. The molecule has 0 fully saturated rings. The van der Waals surface area contributed by atoms with Gasteiger partial charge in [-0.1, -0.05) is 36.4 Å². The standard InChI is InChI=1S/C16H15NO3S/c18-15(9-8-13-7-4-10-21-13)17-14(16(19)20)11-12-5-2-1-3-6-12/h1-10,14H,11H2,(H,17,18)(H,19,20)/t14-/m0/s1. The van der Waals surface area contributed by atoms with Crippen molar-refractivity contribution in [1.82, 2.24) is 5.32 Å². The van der Waals surface area contributed by atoms with Gasteiger partial charge >= 0.3 is 5.97 Å². The van der Waals surface area contributed by atoms with Crippen LogP contribution >= 0.6 is 11.3 Å². The molecule has 1 aromatic heterocycles. The van der Waals surface area contributed by atoms with Crippen molar-refractivity contribution in [2.75, 3.05) is 0 Å². The molecule has 0 radical (unpaired) electrons. The van der Waals surface area contributed by atoms with E-state index in [1.807, 2.05) is 47.8 Å². The molecule has 2 rings (SSSR count). The van der Waals surface area contributed by atoms with Gasteiger partial charge in [0.05, 0.1) is 0 Å². The van der Waals surface area contributed by atoms with Crippen LogP contribution in [0.4, 0.5) is 0 Å². The van der Waals surface area contributed by atoms with E-state index in [1.54, 1.807) is 6.08 Å². The summed E-state index contributed by atoms with van der Waals surface area (Å²) in [6.07, 6.45) is 3.28. The van der Waals surface area contributed by atoms with Gasteiger partial charge in [-0.15, -0.1) is 11.3 Å². The van der Waals surface area contributed by atoms with Crippen molar-refractivity contribution < 1.29 is 14.7 Å². The van der Waals surface area contributed by atoms with Crippen LogP contribution in [0.5, 0.6) is 0 Å². The molecule has 2 N–H and O–H groups in total. The van der Waals surface area contributed by atoms with Crippen LogP contribution in [0.15, 0.2) is 53.9 Å². The van der Waals surface area contributed by atoms with Crippen LogP contribution in [0.1, 0.15) is 10.4 Å². The Morgan fingerprint density at radius 1 is 1.19 bits per heavy atom. The summed E-state index contributed by atoms with van der Waals surface area (Å²) >= 11 is 1.51. The number of carbonyl (C=O) groups is 2. The van der Waals surface area contributed by atoms with E-state index in [4.69, 9.17) is 0 Å². The number of hydrogen-bond donors (Lipinski definition) is 2. The quantitative estimate of drug-likeness (QED) is 0.806. The minimum absolute atomic E-state index is 0.259. The van der Waals surface area contributed by atoms with E-state index in [0.29, 0.717) is 0 Å². The zero-order valence-corrected chi connectivity index (χ0v) is 12.0. The molecule has 1 aromatic carbocycles. The highest BCUT2D eigenvalue weighted by Gasteiger charge is 2.19. The molecule has 21 heavy (non-hydrogen) atoms. The zero-order chi connectivity index (χ0) is 15.1. The summed E-state index contributed by atoms with van der Waals surface area (Å²) in [6.45, 7) is 0. The van der Waals surface area contributed by atoms with Crippen molar-refractivity contribution in [3.8, 4) is 0 Å². The number of rotatable bonds is 6. The van der Waals surface area contributed by atoms with E-state index in [0.717, 1.165) is 10.4 Å². The van der Waals surface area contributed by atoms with Gasteiger partial charge in [0.1, 0.15) is 6.04 Å². The number of aliphatic carboxylic acids is 1. The van der Waals surface area contributed by atoms with Crippen molar-refractivity contribution in [3.05, 3.63) is 64.4 Å². The Hall–Kier alpha value is -2.40. The van der Waals surface area contributed by atoms with Gasteiger partial charge in [0.15, 0.2) is 0 Å². The number of amides is 1. The molecule has 0 aliphatic rings. The zero-order valence-electron chi connectivity index (χ0n) is 11.2. The van der Waals surface area contributed by atoms with E-state index in [1.165, 1.54) is 17.4 Å². The maximum Gasteiger partial charge on any atom is 0.326 e. The van der Waals surface area contributed by atoms with E-state index in [9.17, 15) is 14.7 Å². The molecule has 0 unspecified atom stereocenters. The largest absolute Gasteiger partial charge is 0.480 e. The highest BCUT2D eigenvalue weighted by Crippen LogP contribution is 2.10. The Morgan fingerprint density at radius 3 is 2.57 bits per heavy atom. The van der Waals surface area contributed by atoms with Gasteiger partial charge in [-0.2, -0.15) is 0 Å².